The number of halogens is 1. The molecule has 0 radical (unpaired) electrons. The van der Waals surface area contributed by atoms with Crippen molar-refractivity contribution in [3.05, 3.63) is 51.3 Å². The summed E-state index contributed by atoms with van der Waals surface area (Å²) in [6.45, 7) is 0.757. The molecule has 0 aromatic heterocycles. The summed E-state index contributed by atoms with van der Waals surface area (Å²) in [6, 6.07) is 7.18. The van der Waals surface area contributed by atoms with E-state index in [4.69, 9.17) is 23.8 Å². The van der Waals surface area contributed by atoms with Crippen molar-refractivity contribution in [1.82, 2.24) is 4.90 Å². The highest BCUT2D eigenvalue weighted by Gasteiger charge is 2.31. The second-order valence-electron chi connectivity index (χ2n) is 4.60. The number of benzene rings is 1. The van der Waals surface area contributed by atoms with Crippen molar-refractivity contribution in [3.63, 3.8) is 0 Å². The van der Waals surface area contributed by atoms with E-state index >= 15 is 0 Å². The van der Waals surface area contributed by atoms with E-state index in [0.29, 0.717) is 15.7 Å². The van der Waals surface area contributed by atoms with Crippen LogP contribution < -0.4 is 5.32 Å². The molecule has 0 saturated carbocycles. The van der Waals surface area contributed by atoms with Crippen molar-refractivity contribution in [2.24, 2.45) is 5.92 Å². The van der Waals surface area contributed by atoms with Gasteiger partial charge >= 0.3 is 0 Å². The summed E-state index contributed by atoms with van der Waals surface area (Å²) in [4.78, 5) is 12.7. The zero-order valence-corrected chi connectivity index (χ0v) is 12.4. The predicted octanol–water partition coefficient (Wildman–Crippen LogP) is 3.15. The van der Waals surface area contributed by atoms with Crippen molar-refractivity contribution in [1.29, 1.82) is 0 Å². The minimum Gasteiger partial charge on any atom is -0.372 e. The topological polar surface area (TPSA) is 58.4 Å². The highest BCUT2D eigenvalue weighted by Crippen LogP contribution is 2.28. The zero-order chi connectivity index (χ0) is 14.7. The van der Waals surface area contributed by atoms with Gasteiger partial charge in [0.1, 0.15) is 0 Å². The van der Waals surface area contributed by atoms with Gasteiger partial charge in [-0.3, -0.25) is 10.1 Å². The summed E-state index contributed by atoms with van der Waals surface area (Å²) < 4.78 is 0. The van der Waals surface area contributed by atoms with Gasteiger partial charge in [0.2, 0.25) is 0 Å². The lowest BCUT2D eigenvalue weighted by atomic mass is 10.1. The lowest BCUT2D eigenvalue weighted by Gasteiger charge is -2.17. The molecule has 1 aromatic carbocycles. The molecule has 106 valence electrons. The Balaban J connectivity index is 2.12. The average molecular weight is 312 g/mol. The Hall–Kier alpha value is -1.66. The quantitative estimate of drug-likeness (QED) is 0.528. The van der Waals surface area contributed by atoms with Gasteiger partial charge in [0.15, 0.2) is 0 Å². The monoisotopic (exact) mass is 311 g/mol. The largest absolute Gasteiger partial charge is 0.372 e. The fourth-order valence-electron chi connectivity index (χ4n) is 2.19. The van der Waals surface area contributed by atoms with E-state index in [1.165, 1.54) is 0 Å². The van der Waals surface area contributed by atoms with Crippen molar-refractivity contribution >= 4 is 34.5 Å². The lowest BCUT2D eigenvalue weighted by molar-refractivity contribution is -0.404. The molecule has 1 saturated heterocycles. The normalized spacial score (nSPS) is 20.2. The Bertz CT molecular complexity index is 559. The van der Waals surface area contributed by atoms with Gasteiger partial charge < -0.3 is 10.2 Å². The molecule has 0 aliphatic carbocycles. The summed E-state index contributed by atoms with van der Waals surface area (Å²) in [5, 5.41) is 14.5. The molecule has 7 heteroatoms. The number of rotatable bonds is 3. The molecule has 1 aromatic rings. The summed E-state index contributed by atoms with van der Waals surface area (Å²) in [5.41, 5.74) is 1.47. The first-order chi connectivity index (χ1) is 9.47. The Morgan fingerprint density at radius 3 is 2.80 bits per heavy atom. The van der Waals surface area contributed by atoms with Crippen molar-refractivity contribution < 1.29 is 4.92 Å². The van der Waals surface area contributed by atoms with Crippen LogP contribution in [0.4, 0.5) is 5.69 Å². The summed E-state index contributed by atoms with van der Waals surface area (Å²) in [5.74, 6) is -0.129. The standard InChI is InChI=1S/C13H14ClN3O2S/c1-16-7-6-11(12(16)8-17(18)19)13(20)15-10-4-2-9(14)3-5-10/h2-5,8,11H,6-7H2,1H3,(H,15,20)/b12-8+/t11-/m1/s1. The van der Waals surface area contributed by atoms with E-state index in [9.17, 15) is 10.1 Å². The van der Waals surface area contributed by atoms with Crippen LogP contribution in [0.5, 0.6) is 0 Å². The van der Waals surface area contributed by atoms with Gasteiger partial charge in [-0.1, -0.05) is 23.8 Å². The van der Waals surface area contributed by atoms with E-state index in [1.807, 2.05) is 24.1 Å². The predicted molar refractivity (Wildman–Crippen MR) is 83.5 cm³/mol. The fraction of sp³-hybridized carbons (Fsp3) is 0.308. The van der Waals surface area contributed by atoms with Gasteiger partial charge in [0, 0.05) is 24.3 Å². The van der Waals surface area contributed by atoms with E-state index in [-0.39, 0.29) is 5.92 Å². The van der Waals surface area contributed by atoms with Gasteiger partial charge in [-0.2, -0.15) is 0 Å². The van der Waals surface area contributed by atoms with Gasteiger partial charge in [0.25, 0.3) is 6.20 Å². The van der Waals surface area contributed by atoms with Gasteiger partial charge in [-0.25, -0.2) is 0 Å². The number of nitrogens with zero attached hydrogens (tertiary/aromatic N) is 2. The number of hydrogen-bond acceptors (Lipinski definition) is 4. The number of nitro groups is 1. The van der Waals surface area contributed by atoms with E-state index in [0.717, 1.165) is 24.9 Å². The van der Waals surface area contributed by atoms with Gasteiger partial charge in [-0.05, 0) is 30.7 Å². The van der Waals surface area contributed by atoms with Crippen LogP contribution in [0, 0.1) is 16.0 Å². The van der Waals surface area contributed by atoms with Crippen LogP contribution in [0.15, 0.2) is 36.2 Å². The molecule has 1 heterocycles. The molecule has 1 fully saturated rings. The maximum absolute atomic E-state index is 10.7. The molecule has 1 aliphatic heterocycles. The van der Waals surface area contributed by atoms with Crippen LogP contribution in [0.3, 0.4) is 0 Å². The summed E-state index contributed by atoms with van der Waals surface area (Å²) >= 11 is 11.2. The maximum Gasteiger partial charge on any atom is 0.254 e. The van der Waals surface area contributed by atoms with Crippen LogP contribution in [0.1, 0.15) is 6.42 Å². The minimum absolute atomic E-state index is 0.129. The SMILES string of the molecule is CN1CC[C@@H](C(=S)Nc2ccc(Cl)cc2)/C1=C\[N+](=O)[O-]. The molecule has 0 bridgehead atoms. The number of anilines is 1. The molecule has 1 atom stereocenters. The molecule has 20 heavy (non-hydrogen) atoms. The molecule has 5 nitrogen and oxygen atoms in total. The third kappa shape index (κ3) is 3.46. The van der Waals surface area contributed by atoms with Crippen molar-refractivity contribution in [2.75, 3.05) is 18.9 Å². The number of hydrogen-bond donors (Lipinski definition) is 1. The molecular formula is C13H14ClN3O2S. The third-order valence-corrected chi connectivity index (χ3v) is 3.86. The van der Waals surface area contributed by atoms with Crippen LogP contribution in [-0.2, 0) is 0 Å². The van der Waals surface area contributed by atoms with Crippen LogP contribution >= 0.6 is 23.8 Å². The highest BCUT2D eigenvalue weighted by atomic mass is 35.5. The van der Waals surface area contributed by atoms with Crippen LogP contribution in [-0.4, -0.2) is 28.4 Å². The minimum atomic E-state index is -0.435. The Labute approximate surface area is 127 Å². The fourth-order valence-corrected chi connectivity index (χ4v) is 2.67. The van der Waals surface area contributed by atoms with Crippen molar-refractivity contribution in [2.45, 2.75) is 6.42 Å². The van der Waals surface area contributed by atoms with E-state index < -0.39 is 4.92 Å². The van der Waals surface area contributed by atoms with E-state index in [1.54, 1.807) is 12.1 Å². The Morgan fingerprint density at radius 1 is 1.55 bits per heavy atom. The molecule has 1 N–H and O–H groups in total. The van der Waals surface area contributed by atoms with Crippen LogP contribution in [0.2, 0.25) is 5.02 Å². The van der Waals surface area contributed by atoms with Crippen molar-refractivity contribution in [3.8, 4) is 0 Å². The zero-order valence-electron chi connectivity index (χ0n) is 10.9. The van der Waals surface area contributed by atoms with E-state index in [2.05, 4.69) is 5.32 Å². The molecule has 2 rings (SSSR count). The summed E-state index contributed by atoms with van der Waals surface area (Å²) in [7, 11) is 1.83. The molecular weight excluding hydrogens is 298 g/mol. The first-order valence-corrected chi connectivity index (χ1v) is 6.89. The first-order valence-electron chi connectivity index (χ1n) is 6.10. The first kappa shape index (κ1) is 14.7. The number of nitrogens with one attached hydrogen (secondary N) is 1. The van der Waals surface area contributed by atoms with Crippen LogP contribution in [0.25, 0.3) is 0 Å². The third-order valence-electron chi connectivity index (χ3n) is 3.22. The Morgan fingerprint density at radius 2 is 2.20 bits per heavy atom. The Kier molecular flexibility index (Phi) is 4.57. The number of likely N-dealkylation sites (tertiary alicyclic amines) is 1. The second-order valence-corrected chi connectivity index (χ2v) is 5.47. The average Bonchev–Trinajstić information content (AvgIpc) is 2.73. The second kappa shape index (κ2) is 6.19. The van der Waals surface area contributed by atoms with Gasteiger partial charge in [-0.15, -0.1) is 0 Å². The summed E-state index contributed by atoms with van der Waals surface area (Å²) in [6.07, 6.45) is 1.81. The smallest absolute Gasteiger partial charge is 0.254 e. The molecule has 1 aliphatic rings. The molecule has 0 amide bonds. The highest BCUT2D eigenvalue weighted by molar-refractivity contribution is 7.80. The van der Waals surface area contributed by atoms with Gasteiger partial charge in [0.05, 0.1) is 21.5 Å². The number of thiocarbonyl (C=S) groups is 1. The molecule has 0 unspecified atom stereocenters. The lowest BCUT2D eigenvalue weighted by Crippen LogP contribution is -2.23. The maximum atomic E-state index is 10.7. The molecule has 0 spiro atoms.